The summed E-state index contributed by atoms with van der Waals surface area (Å²) in [6.07, 6.45) is 0.681. The summed E-state index contributed by atoms with van der Waals surface area (Å²) in [4.78, 5) is 18.3. The zero-order valence-electron chi connectivity index (χ0n) is 12.3. The number of carbonyl (C=O) groups excluding carboxylic acids is 1. The van der Waals surface area contributed by atoms with Gasteiger partial charge in [-0.15, -0.1) is 11.3 Å². The fourth-order valence-corrected chi connectivity index (χ4v) is 3.57. The van der Waals surface area contributed by atoms with E-state index in [9.17, 15) is 13.2 Å². The van der Waals surface area contributed by atoms with E-state index in [0.29, 0.717) is 29.6 Å². The highest BCUT2D eigenvalue weighted by atomic mass is 32.2. The Bertz CT molecular complexity index is 798. The molecule has 0 aliphatic carbocycles. The molecular formula is C14H15N3O4S2. The van der Waals surface area contributed by atoms with Crippen LogP contribution >= 0.6 is 11.3 Å². The molecule has 122 valence electrons. The fourth-order valence-electron chi connectivity index (χ4n) is 2.13. The Hall–Kier alpha value is -1.97. The number of thiazole rings is 1. The first-order valence-corrected chi connectivity index (χ1v) is 9.55. The number of rotatable bonds is 5. The van der Waals surface area contributed by atoms with Crippen LogP contribution in [-0.4, -0.2) is 44.8 Å². The largest absolute Gasteiger partial charge is 0.343 e. The van der Waals surface area contributed by atoms with Crippen LogP contribution in [0.4, 0.5) is 10.8 Å². The third-order valence-electron chi connectivity index (χ3n) is 3.19. The Labute approximate surface area is 138 Å². The van der Waals surface area contributed by atoms with Crippen LogP contribution < -0.4 is 10.2 Å². The topological polar surface area (TPSA) is 88.6 Å². The molecule has 1 fully saturated rings. The zero-order chi connectivity index (χ0) is 16.4. The number of nitrogens with one attached hydrogen (secondary N) is 1. The van der Waals surface area contributed by atoms with Crippen LogP contribution in [0, 0.1) is 0 Å². The molecule has 2 heterocycles. The minimum Gasteiger partial charge on any atom is -0.343 e. The van der Waals surface area contributed by atoms with Crippen molar-refractivity contribution in [2.24, 2.45) is 0 Å². The number of hydrogen-bond acceptors (Lipinski definition) is 7. The van der Waals surface area contributed by atoms with Crippen molar-refractivity contribution in [3.8, 4) is 0 Å². The van der Waals surface area contributed by atoms with Crippen LogP contribution in [0.15, 0.2) is 35.7 Å². The maximum atomic E-state index is 12.1. The molecule has 1 saturated heterocycles. The van der Waals surface area contributed by atoms with E-state index in [2.05, 4.69) is 10.3 Å². The summed E-state index contributed by atoms with van der Waals surface area (Å²) in [5, 5.41) is 5.13. The molecule has 1 aliphatic rings. The van der Waals surface area contributed by atoms with Gasteiger partial charge >= 0.3 is 0 Å². The number of benzene rings is 1. The quantitative estimate of drug-likeness (QED) is 0.821. The van der Waals surface area contributed by atoms with Crippen LogP contribution in [0.2, 0.25) is 0 Å². The van der Waals surface area contributed by atoms with Gasteiger partial charge in [0.2, 0.25) is 0 Å². The van der Waals surface area contributed by atoms with Gasteiger partial charge in [-0.3, -0.25) is 8.98 Å². The lowest BCUT2D eigenvalue weighted by atomic mass is 10.2. The van der Waals surface area contributed by atoms with E-state index in [-0.39, 0.29) is 12.0 Å². The standard InChI is InChI=1S/C14H15N3O4S2/c1-23(19,20)21-11-7-17(8-11)14-16-12(9-22-14)13(18)15-10-5-3-2-4-6-10/h2-6,9,11H,7-8H2,1H3,(H,15,18). The van der Waals surface area contributed by atoms with Crippen molar-refractivity contribution >= 4 is 38.2 Å². The van der Waals surface area contributed by atoms with Crippen molar-refractivity contribution in [3.63, 3.8) is 0 Å². The van der Waals surface area contributed by atoms with E-state index in [1.807, 2.05) is 23.1 Å². The molecule has 0 bridgehead atoms. The van der Waals surface area contributed by atoms with Gasteiger partial charge in [0.1, 0.15) is 11.8 Å². The molecule has 0 saturated carbocycles. The average Bonchev–Trinajstić information content (AvgIpc) is 2.92. The van der Waals surface area contributed by atoms with Crippen molar-refractivity contribution in [2.45, 2.75) is 6.10 Å². The molecular weight excluding hydrogens is 338 g/mol. The van der Waals surface area contributed by atoms with Crippen molar-refractivity contribution < 1.29 is 17.4 Å². The Balaban J connectivity index is 1.58. The van der Waals surface area contributed by atoms with Gasteiger partial charge < -0.3 is 10.2 Å². The van der Waals surface area contributed by atoms with Crippen molar-refractivity contribution in [1.29, 1.82) is 0 Å². The number of para-hydroxylation sites is 1. The average molecular weight is 353 g/mol. The molecule has 1 N–H and O–H groups in total. The highest BCUT2D eigenvalue weighted by Gasteiger charge is 2.32. The predicted octanol–water partition coefficient (Wildman–Crippen LogP) is 1.56. The predicted molar refractivity (Wildman–Crippen MR) is 88.4 cm³/mol. The fraction of sp³-hybridized carbons (Fsp3) is 0.286. The molecule has 0 atom stereocenters. The summed E-state index contributed by atoms with van der Waals surface area (Å²) < 4.78 is 27.0. The van der Waals surface area contributed by atoms with Crippen molar-refractivity contribution in [3.05, 3.63) is 41.4 Å². The molecule has 1 aliphatic heterocycles. The number of anilines is 2. The highest BCUT2D eigenvalue weighted by molar-refractivity contribution is 7.86. The van der Waals surface area contributed by atoms with Gasteiger partial charge in [-0.05, 0) is 12.1 Å². The Kier molecular flexibility index (Phi) is 4.33. The molecule has 0 spiro atoms. The highest BCUT2D eigenvalue weighted by Crippen LogP contribution is 2.27. The molecule has 7 nitrogen and oxygen atoms in total. The molecule has 0 radical (unpaired) electrons. The Morgan fingerprint density at radius 2 is 2.04 bits per heavy atom. The molecule has 2 aromatic rings. The van der Waals surface area contributed by atoms with Gasteiger partial charge in [0.05, 0.1) is 6.26 Å². The second-order valence-electron chi connectivity index (χ2n) is 5.16. The van der Waals surface area contributed by atoms with E-state index in [1.165, 1.54) is 11.3 Å². The lowest BCUT2D eigenvalue weighted by Gasteiger charge is -2.37. The maximum Gasteiger partial charge on any atom is 0.275 e. The van der Waals surface area contributed by atoms with Crippen LogP contribution in [0.3, 0.4) is 0 Å². The Morgan fingerprint density at radius 3 is 2.70 bits per heavy atom. The zero-order valence-corrected chi connectivity index (χ0v) is 13.9. The first kappa shape index (κ1) is 15.9. The molecule has 0 unspecified atom stereocenters. The first-order valence-electron chi connectivity index (χ1n) is 6.86. The molecule has 1 aromatic carbocycles. The van der Waals surface area contributed by atoms with E-state index >= 15 is 0 Å². The van der Waals surface area contributed by atoms with Crippen LogP contribution in [0.5, 0.6) is 0 Å². The van der Waals surface area contributed by atoms with Gasteiger partial charge in [0.25, 0.3) is 16.0 Å². The molecule has 23 heavy (non-hydrogen) atoms. The van der Waals surface area contributed by atoms with Crippen LogP contribution in [-0.2, 0) is 14.3 Å². The number of amides is 1. The van der Waals surface area contributed by atoms with Crippen molar-refractivity contribution in [2.75, 3.05) is 29.6 Å². The summed E-state index contributed by atoms with van der Waals surface area (Å²) in [5.41, 5.74) is 1.04. The van der Waals surface area contributed by atoms with Crippen LogP contribution in [0.1, 0.15) is 10.5 Å². The smallest absolute Gasteiger partial charge is 0.275 e. The molecule has 3 rings (SSSR count). The SMILES string of the molecule is CS(=O)(=O)OC1CN(c2nc(C(=O)Nc3ccccc3)cs2)C1. The number of carbonyl (C=O) groups is 1. The van der Waals surface area contributed by atoms with E-state index in [1.54, 1.807) is 17.5 Å². The van der Waals surface area contributed by atoms with E-state index < -0.39 is 10.1 Å². The molecule has 1 aromatic heterocycles. The maximum absolute atomic E-state index is 12.1. The van der Waals surface area contributed by atoms with E-state index in [0.717, 1.165) is 6.26 Å². The minimum atomic E-state index is -3.44. The van der Waals surface area contributed by atoms with Crippen LogP contribution in [0.25, 0.3) is 0 Å². The van der Waals surface area contributed by atoms with Gasteiger partial charge in [0, 0.05) is 24.2 Å². The van der Waals surface area contributed by atoms with Gasteiger partial charge in [0.15, 0.2) is 5.13 Å². The summed E-state index contributed by atoms with van der Waals surface area (Å²) >= 11 is 1.34. The summed E-state index contributed by atoms with van der Waals surface area (Å²) in [6.45, 7) is 0.890. The summed E-state index contributed by atoms with van der Waals surface area (Å²) in [5.74, 6) is -0.275. The molecule has 1 amide bonds. The summed E-state index contributed by atoms with van der Waals surface area (Å²) in [6, 6.07) is 9.14. The van der Waals surface area contributed by atoms with Gasteiger partial charge in [-0.2, -0.15) is 8.42 Å². The Morgan fingerprint density at radius 1 is 1.35 bits per heavy atom. The normalized spacial score (nSPS) is 15.3. The third kappa shape index (κ3) is 4.06. The second-order valence-corrected chi connectivity index (χ2v) is 7.60. The molecule has 9 heteroatoms. The number of aromatic nitrogens is 1. The summed E-state index contributed by atoms with van der Waals surface area (Å²) in [7, 11) is -3.44. The van der Waals surface area contributed by atoms with Gasteiger partial charge in [-0.1, -0.05) is 18.2 Å². The lowest BCUT2D eigenvalue weighted by Crippen LogP contribution is -2.53. The van der Waals surface area contributed by atoms with Crippen molar-refractivity contribution in [1.82, 2.24) is 4.98 Å². The lowest BCUT2D eigenvalue weighted by molar-refractivity contribution is 0.102. The second kappa shape index (κ2) is 6.26. The third-order valence-corrected chi connectivity index (χ3v) is 4.71. The van der Waals surface area contributed by atoms with E-state index in [4.69, 9.17) is 4.18 Å². The van der Waals surface area contributed by atoms with Gasteiger partial charge in [-0.25, -0.2) is 4.98 Å². The first-order chi connectivity index (χ1) is 10.9. The number of hydrogen-bond donors (Lipinski definition) is 1. The minimum absolute atomic E-state index is 0.275. The monoisotopic (exact) mass is 353 g/mol. The number of nitrogens with zero attached hydrogens (tertiary/aromatic N) is 2.